The minimum absolute atomic E-state index is 0.0182. The Hall–Kier alpha value is -2.17. The highest BCUT2D eigenvalue weighted by molar-refractivity contribution is 7.91. The van der Waals surface area contributed by atoms with Crippen LogP contribution in [0.15, 0.2) is 6.07 Å². The van der Waals surface area contributed by atoms with Gasteiger partial charge in [-0.05, 0) is 6.42 Å². The molecule has 1 aliphatic rings. The van der Waals surface area contributed by atoms with E-state index in [2.05, 4.69) is 0 Å². The molecule has 1 saturated heterocycles. The molecule has 1 amide bonds. The molecule has 1 aromatic carbocycles. The monoisotopic (exact) mass is 383 g/mol. The number of carbonyl (C=O) groups excluding carboxylic acids is 1. The van der Waals surface area contributed by atoms with Crippen LogP contribution in [0.5, 0.6) is 0 Å². The maximum Gasteiger partial charge on any atom is 0.407 e. The van der Waals surface area contributed by atoms with E-state index in [1.165, 1.54) is 0 Å². The zero-order valence-electron chi connectivity index (χ0n) is 12.8. The number of benzene rings is 1. The van der Waals surface area contributed by atoms with Crippen LogP contribution in [0.2, 0.25) is 0 Å². The molecule has 1 fully saturated rings. The van der Waals surface area contributed by atoms with Crippen LogP contribution in [-0.2, 0) is 14.6 Å². The normalized spacial score (nSPS) is 20.8. The van der Waals surface area contributed by atoms with Crippen molar-refractivity contribution < 1.29 is 40.7 Å². The van der Waals surface area contributed by atoms with Gasteiger partial charge in [-0.25, -0.2) is 30.8 Å². The molecule has 11 heteroatoms. The number of ketones is 1. The molecular formula is C14H13F4NO5S. The fourth-order valence-electron chi connectivity index (χ4n) is 2.87. The number of carbonyl (C=O) groups is 2. The minimum atomic E-state index is -3.76. The first kappa shape index (κ1) is 19.2. The summed E-state index contributed by atoms with van der Waals surface area (Å²) in [6.45, 7) is -0.605. The molecule has 2 rings (SSSR count). The first-order valence-electron chi connectivity index (χ1n) is 6.95. The van der Waals surface area contributed by atoms with E-state index in [-0.39, 0.29) is 6.07 Å². The van der Waals surface area contributed by atoms with E-state index in [1.807, 2.05) is 0 Å². The molecule has 6 nitrogen and oxygen atoms in total. The Balaban J connectivity index is 2.41. The zero-order chi connectivity index (χ0) is 19.1. The third kappa shape index (κ3) is 3.91. The van der Waals surface area contributed by atoms with Gasteiger partial charge in [0.2, 0.25) is 0 Å². The highest BCUT2D eigenvalue weighted by Crippen LogP contribution is 2.36. The second kappa shape index (κ2) is 6.62. The van der Waals surface area contributed by atoms with Crippen molar-refractivity contribution >= 4 is 21.7 Å². The molecule has 2 atom stereocenters. The number of Topliss-reactive ketones (excluding diaryl/α,β-unsaturated/α-hetero) is 1. The highest BCUT2D eigenvalue weighted by atomic mass is 32.2. The summed E-state index contributed by atoms with van der Waals surface area (Å²) in [5.41, 5.74) is -1.00. The van der Waals surface area contributed by atoms with Crippen molar-refractivity contribution in [2.24, 2.45) is 0 Å². The average molecular weight is 383 g/mol. The van der Waals surface area contributed by atoms with Gasteiger partial charge in [-0.3, -0.25) is 9.69 Å². The van der Waals surface area contributed by atoms with Crippen molar-refractivity contribution in [3.8, 4) is 0 Å². The molecule has 138 valence electrons. The van der Waals surface area contributed by atoms with Crippen molar-refractivity contribution in [2.45, 2.75) is 18.4 Å². The quantitative estimate of drug-likeness (QED) is 0.631. The summed E-state index contributed by atoms with van der Waals surface area (Å²) in [4.78, 5) is 23.8. The Labute approximate surface area is 140 Å². The number of halogens is 4. The molecule has 0 aliphatic carbocycles. The first-order chi connectivity index (χ1) is 11.4. The van der Waals surface area contributed by atoms with Crippen molar-refractivity contribution in [2.75, 3.05) is 18.6 Å². The van der Waals surface area contributed by atoms with Crippen molar-refractivity contribution in [3.63, 3.8) is 0 Å². The summed E-state index contributed by atoms with van der Waals surface area (Å²) in [6, 6.07) is -1.47. The van der Waals surface area contributed by atoms with E-state index in [0.717, 1.165) is 6.26 Å². The lowest BCUT2D eigenvalue weighted by molar-refractivity contribution is -0.120. The third-order valence-corrected chi connectivity index (χ3v) is 4.69. The van der Waals surface area contributed by atoms with Crippen LogP contribution in [0, 0.1) is 23.3 Å². The summed E-state index contributed by atoms with van der Waals surface area (Å²) in [6.07, 6.45) is -1.34. The van der Waals surface area contributed by atoms with E-state index >= 15 is 0 Å². The summed E-state index contributed by atoms with van der Waals surface area (Å²) in [5, 5.41) is 9.13. The van der Waals surface area contributed by atoms with Crippen molar-refractivity contribution in [1.29, 1.82) is 0 Å². The maximum atomic E-state index is 13.9. The topological polar surface area (TPSA) is 91.8 Å². The third-order valence-electron chi connectivity index (χ3n) is 3.88. The van der Waals surface area contributed by atoms with Gasteiger partial charge in [-0.1, -0.05) is 0 Å². The Morgan fingerprint density at radius 3 is 2.16 bits per heavy atom. The number of amides is 1. The smallest absolute Gasteiger partial charge is 0.407 e. The summed E-state index contributed by atoms with van der Waals surface area (Å²) < 4.78 is 76.9. The second-order valence-corrected chi connectivity index (χ2v) is 7.94. The maximum absolute atomic E-state index is 13.9. The molecule has 1 N–H and O–H groups in total. The lowest BCUT2D eigenvalue weighted by Gasteiger charge is -2.19. The number of nitrogens with zero attached hydrogens (tertiary/aromatic N) is 1. The summed E-state index contributed by atoms with van der Waals surface area (Å²) in [7, 11) is -3.76. The van der Waals surface area contributed by atoms with Crippen LogP contribution in [0.1, 0.15) is 17.9 Å². The molecule has 0 bridgehead atoms. The lowest BCUT2D eigenvalue weighted by atomic mass is 9.94. The molecule has 0 spiro atoms. The molecule has 1 aromatic rings. The molecule has 1 heterocycles. The second-order valence-electron chi connectivity index (χ2n) is 5.80. The van der Waals surface area contributed by atoms with Crippen LogP contribution in [-0.4, -0.2) is 54.9 Å². The Morgan fingerprint density at radius 2 is 1.72 bits per heavy atom. The number of rotatable bonds is 4. The molecule has 0 saturated carbocycles. The predicted molar refractivity (Wildman–Crippen MR) is 76.9 cm³/mol. The minimum Gasteiger partial charge on any atom is -0.465 e. The van der Waals surface area contributed by atoms with Crippen LogP contribution >= 0.6 is 0 Å². The molecule has 0 radical (unpaired) electrons. The number of hydrogen-bond acceptors (Lipinski definition) is 4. The lowest BCUT2D eigenvalue weighted by Crippen LogP contribution is -2.41. The standard InChI is InChI=1S/C14H13F4NO5S/c1-25(23,24)5-10(20)9-2-6(4-19(9)14(21)22)11-12(17)7(15)3-8(16)13(11)18/h3,6,9H,2,4-5H2,1H3,(H,21,22)/t6-,9?/m1/s1. The van der Waals surface area contributed by atoms with Gasteiger partial charge in [0.1, 0.15) is 5.75 Å². The van der Waals surface area contributed by atoms with Crippen molar-refractivity contribution in [3.05, 3.63) is 34.9 Å². The van der Waals surface area contributed by atoms with Gasteiger partial charge in [0.25, 0.3) is 0 Å². The van der Waals surface area contributed by atoms with Crippen molar-refractivity contribution in [1.82, 2.24) is 4.90 Å². The molecule has 0 aromatic heterocycles. The first-order valence-corrected chi connectivity index (χ1v) is 9.01. The van der Waals surface area contributed by atoms with Gasteiger partial charge in [-0.15, -0.1) is 0 Å². The van der Waals surface area contributed by atoms with E-state index < -0.39 is 81.2 Å². The van der Waals surface area contributed by atoms with Gasteiger partial charge in [0.05, 0.1) is 6.04 Å². The van der Waals surface area contributed by atoms with Crippen LogP contribution < -0.4 is 0 Å². The van der Waals surface area contributed by atoms with E-state index in [1.54, 1.807) is 0 Å². The zero-order valence-corrected chi connectivity index (χ0v) is 13.6. The number of sulfone groups is 1. The molecule has 1 aliphatic heterocycles. The van der Waals surface area contributed by atoms with E-state index in [4.69, 9.17) is 5.11 Å². The highest BCUT2D eigenvalue weighted by Gasteiger charge is 2.43. The van der Waals surface area contributed by atoms with Gasteiger partial charge in [0.15, 0.2) is 38.9 Å². The number of hydrogen-bond donors (Lipinski definition) is 1. The largest absolute Gasteiger partial charge is 0.465 e. The molecule has 25 heavy (non-hydrogen) atoms. The SMILES string of the molecule is CS(=O)(=O)CC(=O)C1C[C@@H](c2c(F)c(F)cc(F)c2F)CN1C(=O)O. The van der Waals surface area contributed by atoms with Gasteiger partial charge >= 0.3 is 6.09 Å². The van der Waals surface area contributed by atoms with Crippen LogP contribution in [0.3, 0.4) is 0 Å². The van der Waals surface area contributed by atoms with Crippen LogP contribution in [0.4, 0.5) is 22.4 Å². The van der Waals surface area contributed by atoms with Gasteiger partial charge in [-0.2, -0.15) is 0 Å². The Morgan fingerprint density at radius 1 is 1.20 bits per heavy atom. The Bertz CT molecular complexity index is 816. The fourth-order valence-corrected chi connectivity index (χ4v) is 3.58. The fraction of sp³-hybridized carbons (Fsp3) is 0.429. The average Bonchev–Trinajstić information content (AvgIpc) is 2.89. The van der Waals surface area contributed by atoms with Gasteiger partial charge in [0, 0.05) is 30.3 Å². The number of likely N-dealkylation sites (tertiary alicyclic amines) is 1. The predicted octanol–water partition coefficient (Wildman–Crippen LogP) is 1.69. The van der Waals surface area contributed by atoms with E-state index in [0.29, 0.717) is 4.90 Å². The number of carboxylic acid groups (broad SMARTS) is 1. The summed E-state index contributed by atoms with van der Waals surface area (Å²) >= 11 is 0. The Kier molecular flexibility index (Phi) is 5.07. The van der Waals surface area contributed by atoms with E-state index in [9.17, 15) is 35.6 Å². The summed E-state index contributed by atoms with van der Waals surface area (Å²) in [5.74, 6) is -9.93. The molecule has 1 unspecified atom stereocenters. The van der Waals surface area contributed by atoms with Gasteiger partial charge < -0.3 is 5.11 Å². The molecular weight excluding hydrogens is 370 g/mol. The van der Waals surface area contributed by atoms with Crippen LogP contribution in [0.25, 0.3) is 0 Å².